The zero-order valence-electron chi connectivity index (χ0n) is 11.2. The maximum atomic E-state index is 11.9. The molecule has 0 aliphatic heterocycles. The van der Waals surface area contributed by atoms with E-state index in [9.17, 15) is 4.79 Å². The number of carbonyl (C=O) groups is 1. The number of anilines is 1. The molecule has 3 rings (SSSR count). The van der Waals surface area contributed by atoms with Crippen molar-refractivity contribution in [2.45, 2.75) is 0 Å². The van der Waals surface area contributed by atoms with Crippen LogP contribution in [0.5, 0.6) is 11.5 Å². The van der Waals surface area contributed by atoms with Crippen molar-refractivity contribution in [1.29, 1.82) is 0 Å². The summed E-state index contributed by atoms with van der Waals surface area (Å²) >= 11 is 1.42. The van der Waals surface area contributed by atoms with Gasteiger partial charge >= 0.3 is 0 Å². The highest BCUT2D eigenvalue weighted by Crippen LogP contribution is 2.23. The van der Waals surface area contributed by atoms with Crippen LogP contribution in [0.15, 0.2) is 72.1 Å². The standard InChI is InChI=1S/C17H13NO2S/c19-17(16-7-4-12-21-16)18-13-8-10-15(11-9-13)20-14-5-2-1-3-6-14/h1-12H,(H,18,19). The molecule has 1 aromatic heterocycles. The van der Waals surface area contributed by atoms with E-state index in [4.69, 9.17) is 4.74 Å². The largest absolute Gasteiger partial charge is 0.457 e. The van der Waals surface area contributed by atoms with Crippen LogP contribution in [0.3, 0.4) is 0 Å². The highest BCUT2D eigenvalue weighted by atomic mass is 32.1. The molecule has 1 heterocycles. The zero-order chi connectivity index (χ0) is 14.5. The molecule has 104 valence electrons. The maximum absolute atomic E-state index is 11.9. The molecule has 1 amide bonds. The van der Waals surface area contributed by atoms with Gasteiger partial charge in [-0.2, -0.15) is 0 Å². The van der Waals surface area contributed by atoms with E-state index >= 15 is 0 Å². The van der Waals surface area contributed by atoms with E-state index in [1.165, 1.54) is 11.3 Å². The summed E-state index contributed by atoms with van der Waals surface area (Å²) in [6.45, 7) is 0. The summed E-state index contributed by atoms with van der Waals surface area (Å²) in [5, 5.41) is 4.73. The van der Waals surface area contributed by atoms with E-state index in [1.807, 2.05) is 66.0 Å². The van der Waals surface area contributed by atoms with Gasteiger partial charge in [0.25, 0.3) is 5.91 Å². The summed E-state index contributed by atoms with van der Waals surface area (Å²) in [5.74, 6) is 1.42. The number of carbonyl (C=O) groups excluding carboxylic acids is 1. The lowest BCUT2D eigenvalue weighted by Crippen LogP contribution is -2.09. The van der Waals surface area contributed by atoms with Crippen molar-refractivity contribution in [3.63, 3.8) is 0 Å². The van der Waals surface area contributed by atoms with Gasteiger partial charge in [0.15, 0.2) is 0 Å². The summed E-state index contributed by atoms with van der Waals surface area (Å²) in [7, 11) is 0. The average molecular weight is 295 g/mol. The molecular formula is C17H13NO2S. The van der Waals surface area contributed by atoms with Gasteiger partial charge in [-0.1, -0.05) is 24.3 Å². The van der Waals surface area contributed by atoms with Gasteiger partial charge in [0, 0.05) is 5.69 Å². The Balaban J connectivity index is 1.65. The lowest BCUT2D eigenvalue weighted by Gasteiger charge is -2.07. The Morgan fingerprint density at radius 2 is 1.57 bits per heavy atom. The highest BCUT2D eigenvalue weighted by molar-refractivity contribution is 7.12. The fourth-order valence-corrected chi connectivity index (χ4v) is 2.45. The molecule has 0 saturated carbocycles. The van der Waals surface area contributed by atoms with Crippen molar-refractivity contribution in [2.75, 3.05) is 5.32 Å². The molecule has 0 spiro atoms. The molecular weight excluding hydrogens is 282 g/mol. The van der Waals surface area contributed by atoms with Crippen LogP contribution < -0.4 is 10.1 Å². The molecule has 3 aromatic rings. The first-order chi connectivity index (χ1) is 10.3. The van der Waals surface area contributed by atoms with E-state index in [0.29, 0.717) is 4.88 Å². The van der Waals surface area contributed by atoms with Gasteiger partial charge in [0.1, 0.15) is 11.5 Å². The Labute approximate surface area is 126 Å². The highest BCUT2D eigenvalue weighted by Gasteiger charge is 2.06. The summed E-state index contributed by atoms with van der Waals surface area (Å²) in [6, 6.07) is 20.5. The lowest BCUT2D eigenvalue weighted by atomic mass is 10.3. The summed E-state index contributed by atoms with van der Waals surface area (Å²) in [4.78, 5) is 12.6. The second-order valence-electron chi connectivity index (χ2n) is 4.37. The zero-order valence-corrected chi connectivity index (χ0v) is 12.0. The number of hydrogen-bond donors (Lipinski definition) is 1. The van der Waals surface area contributed by atoms with Crippen molar-refractivity contribution >= 4 is 22.9 Å². The number of ether oxygens (including phenoxy) is 1. The van der Waals surface area contributed by atoms with Crippen LogP contribution in [0.1, 0.15) is 9.67 Å². The quantitative estimate of drug-likeness (QED) is 0.751. The summed E-state index contributed by atoms with van der Waals surface area (Å²) in [6.07, 6.45) is 0. The molecule has 0 bridgehead atoms. The molecule has 3 nitrogen and oxygen atoms in total. The molecule has 1 N–H and O–H groups in total. The van der Waals surface area contributed by atoms with Crippen LogP contribution in [0.25, 0.3) is 0 Å². The number of hydrogen-bond acceptors (Lipinski definition) is 3. The fraction of sp³-hybridized carbons (Fsp3) is 0. The first-order valence-electron chi connectivity index (χ1n) is 6.49. The predicted molar refractivity (Wildman–Crippen MR) is 85.2 cm³/mol. The van der Waals surface area contributed by atoms with Gasteiger partial charge in [-0.3, -0.25) is 4.79 Å². The van der Waals surface area contributed by atoms with Crippen LogP contribution in [0, 0.1) is 0 Å². The van der Waals surface area contributed by atoms with Gasteiger partial charge in [-0.25, -0.2) is 0 Å². The average Bonchev–Trinajstić information content (AvgIpc) is 3.05. The second-order valence-corrected chi connectivity index (χ2v) is 5.32. The first kappa shape index (κ1) is 13.4. The van der Waals surface area contributed by atoms with Gasteiger partial charge in [-0.05, 0) is 47.8 Å². The van der Waals surface area contributed by atoms with E-state index in [-0.39, 0.29) is 5.91 Å². The Kier molecular flexibility index (Phi) is 3.98. The summed E-state index contributed by atoms with van der Waals surface area (Å²) < 4.78 is 5.70. The van der Waals surface area contributed by atoms with Crippen molar-refractivity contribution in [3.8, 4) is 11.5 Å². The second kappa shape index (κ2) is 6.24. The van der Waals surface area contributed by atoms with E-state index in [1.54, 1.807) is 6.07 Å². The Bertz CT molecular complexity index is 706. The van der Waals surface area contributed by atoms with Crippen LogP contribution >= 0.6 is 11.3 Å². The topological polar surface area (TPSA) is 38.3 Å². The van der Waals surface area contributed by atoms with Gasteiger partial charge < -0.3 is 10.1 Å². The van der Waals surface area contributed by atoms with E-state index in [0.717, 1.165) is 17.2 Å². The van der Waals surface area contributed by atoms with E-state index in [2.05, 4.69) is 5.32 Å². The Morgan fingerprint density at radius 3 is 2.24 bits per heavy atom. The number of benzene rings is 2. The number of thiophene rings is 1. The number of rotatable bonds is 4. The van der Waals surface area contributed by atoms with Crippen molar-refractivity contribution in [3.05, 3.63) is 77.0 Å². The van der Waals surface area contributed by atoms with Crippen LogP contribution in [0.4, 0.5) is 5.69 Å². The third-order valence-electron chi connectivity index (χ3n) is 2.84. The monoisotopic (exact) mass is 295 g/mol. The molecule has 0 unspecified atom stereocenters. The van der Waals surface area contributed by atoms with E-state index < -0.39 is 0 Å². The molecule has 0 atom stereocenters. The Morgan fingerprint density at radius 1 is 0.857 bits per heavy atom. The molecule has 0 saturated heterocycles. The minimum absolute atomic E-state index is 0.0956. The van der Waals surface area contributed by atoms with Gasteiger partial charge in [-0.15, -0.1) is 11.3 Å². The molecule has 0 radical (unpaired) electrons. The molecule has 2 aromatic carbocycles. The third kappa shape index (κ3) is 3.49. The SMILES string of the molecule is O=C(Nc1ccc(Oc2ccccc2)cc1)c1cccs1. The maximum Gasteiger partial charge on any atom is 0.265 e. The molecule has 0 fully saturated rings. The van der Waals surface area contributed by atoms with Crippen molar-refractivity contribution in [1.82, 2.24) is 0 Å². The minimum atomic E-state index is -0.0956. The molecule has 0 aliphatic rings. The number of amides is 1. The van der Waals surface area contributed by atoms with Crippen LogP contribution in [-0.2, 0) is 0 Å². The van der Waals surface area contributed by atoms with Crippen LogP contribution in [-0.4, -0.2) is 5.91 Å². The third-order valence-corrected chi connectivity index (χ3v) is 3.70. The predicted octanol–water partition coefficient (Wildman–Crippen LogP) is 4.79. The van der Waals surface area contributed by atoms with Gasteiger partial charge in [0.2, 0.25) is 0 Å². The molecule has 4 heteroatoms. The number of nitrogens with one attached hydrogen (secondary N) is 1. The lowest BCUT2D eigenvalue weighted by molar-refractivity contribution is 0.103. The van der Waals surface area contributed by atoms with Gasteiger partial charge in [0.05, 0.1) is 4.88 Å². The smallest absolute Gasteiger partial charge is 0.265 e. The van der Waals surface area contributed by atoms with Crippen LogP contribution in [0.2, 0.25) is 0 Å². The van der Waals surface area contributed by atoms with Crippen molar-refractivity contribution in [2.24, 2.45) is 0 Å². The normalized spacial score (nSPS) is 10.1. The summed E-state index contributed by atoms with van der Waals surface area (Å²) in [5.41, 5.74) is 0.744. The molecule has 0 aliphatic carbocycles. The first-order valence-corrected chi connectivity index (χ1v) is 7.37. The minimum Gasteiger partial charge on any atom is -0.457 e. The molecule has 21 heavy (non-hydrogen) atoms. The van der Waals surface area contributed by atoms with Crippen molar-refractivity contribution < 1.29 is 9.53 Å². The fourth-order valence-electron chi connectivity index (χ4n) is 1.83. The number of para-hydroxylation sites is 1. The Hall–Kier alpha value is -2.59.